The average molecular weight is 350 g/mol. The van der Waals surface area contributed by atoms with Crippen molar-refractivity contribution in [2.75, 3.05) is 18.4 Å². The Kier molecular flexibility index (Phi) is 5.98. The lowest BCUT2D eigenvalue weighted by molar-refractivity contribution is -0.133. The van der Waals surface area contributed by atoms with Gasteiger partial charge in [-0.3, -0.25) is 9.59 Å². The summed E-state index contributed by atoms with van der Waals surface area (Å²) in [6, 6.07) is 6.98. The first kappa shape index (κ1) is 18.0. The molecule has 1 N–H and O–H groups in total. The van der Waals surface area contributed by atoms with Crippen LogP contribution in [-0.4, -0.2) is 35.0 Å². The van der Waals surface area contributed by atoms with E-state index in [4.69, 9.17) is 16.1 Å². The molecule has 0 radical (unpaired) electrons. The minimum absolute atomic E-state index is 0.0296. The number of amides is 2. The van der Waals surface area contributed by atoms with Gasteiger partial charge in [0.25, 0.3) is 0 Å². The van der Waals surface area contributed by atoms with Crippen molar-refractivity contribution in [2.45, 2.75) is 27.2 Å². The number of anilines is 1. The number of nitrogens with zero attached hydrogens (tertiary/aromatic N) is 2. The van der Waals surface area contributed by atoms with Gasteiger partial charge in [0, 0.05) is 23.3 Å². The molecule has 6 nitrogen and oxygen atoms in total. The van der Waals surface area contributed by atoms with Crippen molar-refractivity contribution in [2.24, 2.45) is 0 Å². The van der Waals surface area contributed by atoms with Crippen LogP contribution in [0.15, 0.2) is 28.8 Å². The number of rotatable bonds is 6. The molecule has 0 aliphatic carbocycles. The van der Waals surface area contributed by atoms with Gasteiger partial charge in [0.05, 0.1) is 18.7 Å². The van der Waals surface area contributed by atoms with Gasteiger partial charge >= 0.3 is 0 Å². The SMILES string of the molecule is CCN(CC(=O)Nc1cc(Cl)ccc1C)C(=O)Cc1cc(C)on1. The third-order valence-corrected chi connectivity index (χ3v) is 3.79. The summed E-state index contributed by atoms with van der Waals surface area (Å²) < 4.78 is 4.95. The second-order valence-electron chi connectivity index (χ2n) is 5.52. The Bertz CT molecular complexity index is 742. The van der Waals surface area contributed by atoms with Gasteiger partial charge in [-0.25, -0.2) is 0 Å². The van der Waals surface area contributed by atoms with Crippen molar-refractivity contribution in [3.05, 3.63) is 46.3 Å². The van der Waals surface area contributed by atoms with E-state index in [9.17, 15) is 9.59 Å². The maximum atomic E-state index is 12.3. The predicted octanol–water partition coefficient (Wildman–Crippen LogP) is 2.97. The van der Waals surface area contributed by atoms with E-state index in [1.54, 1.807) is 25.1 Å². The van der Waals surface area contributed by atoms with Gasteiger partial charge in [0.1, 0.15) is 5.76 Å². The standard InChI is InChI=1S/C17H20ClN3O3/c1-4-21(17(23)9-14-7-12(3)24-20-14)10-16(22)19-15-8-13(18)6-5-11(15)2/h5-8H,4,9-10H2,1-3H3,(H,19,22). The fourth-order valence-electron chi connectivity index (χ4n) is 2.24. The minimum Gasteiger partial charge on any atom is -0.361 e. The Morgan fingerprint density at radius 3 is 2.67 bits per heavy atom. The lowest BCUT2D eigenvalue weighted by Crippen LogP contribution is -2.38. The van der Waals surface area contributed by atoms with Crippen LogP contribution in [0.25, 0.3) is 0 Å². The largest absolute Gasteiger partial charge is 0.361 e. The molecule has 0 atom stereocenters. The zero-order chi connectivity index (χ0) is 17.7. The second-order valence-corrected chi connectivity index (χ2v) is 5.96. The lowest BCUT2D eigenvalue weighted by Gasteiger charge is -2.20. The molecule has 1 aromatic carbocycles. The Labute approximate surface area is 145 Å². The third-order valence-electron chi connectivity index (χ3n) is 3.55. The van der Waals surface area contributed by atoms with Crippen molar-refractivity contribution in [3.63, 3.8) is 0 Å². The van der Waals surface area contributed by atoms with E-state index in [0.29, 0.717) is 28.7 Å². The molecule has 0 saturated heterocycles. The van der Waals surface area contributed by atoms with Crippen molar-refractivity contribution in [1.29, 1.82) is 0 Å². The van der Waals surface area contributed by atoms with Crippen LogP contribution < -0.4 is 5.32 Å². The van der Waals surface area contributed by atoms with Crippen molar-refractivity contribution in [1.82, 2.24) is 10.1 Å². The van der Waals surface area contributed by atoms with Crippen LogP contribution in [0.5, 0.6) is 0 Å². The van der Waals surface area contributed by atoms with Crippen molar-refractivity contribution in [3.8, 4) is 0 Å². The number of hydrogen-bond acceptors (Lipinski definition) is 4. The normalized spacial score (nSPS) is 10.5. The van der Waals surface area contributed by atoms with Gasteiger partial charge in [0.2, 0.25) is 11.8 Å². The predicted molar refractivity (Wildman–Crippen MR) is 92.0 cm³/mol. The first-order valence-electron chi connectivity index (χ1n) is 7.65. The second kappa shape index (κ2) is 7.97. The molecule has 0 fully saturated rings. The molecule has 24 heavy (non-hydrogen) atoms. The number of aromatic nitrogens is 1. The summed E-state index contributed by atoms with van der Waals surface area (Å²) in [5.41, 5.74) is 2.10. The molecule has 0 spiro atoms. The van der Waals surface area contributed by atoms with Gasteiger partial charge in [-0.15, -0.1) is 0 Å². The summed E-state index contributed by atoms with van der Waals surface area (Å²) in [5, 5.41) is 7.13. The Hall–Kier alpha value is -2.34. The van der Waals surface area contributed by atoms with Gasteiger partial charge in [-0.05, 0) is 38.5 Å². The number of hydrogen-bond donors (Lipinski definition) is 1. The Balaban J connectivity index is 1.97. The van der Waals surface area contributed by atoms with E-state index < -0.39 is 0 Å². The van der Waals surface area contributed by atoms with Gasteiger partial charge in [-0.1, -0.05) is 22.8 Å². The summed E-state index contributed by atoms with van der Waals surface area (Å²) >= 11 is 5.94. The van der Waals surface area contributed by atoms with E-state index in [2.05, 4.69) is 10.5 Å². The van der Waals surface area contributed by atoms with Crippen LogP contribution in [0, 0.1) is 13.8 Å². The third kappa shape index (κ3) is 4.83. The summed E-state index contributed by atoms with van der Waals surface area (Å²) in [6.45, 7) is 5.86. The smallest absolute Gasteiger partial charge is 0.244 e. The number of benzene rings is 1. The summed E-state index contributed by atoms with van der Waals surface area (Å²) in [4.78, 5) is 26.0. The maximum Gasteiger partial charge on any atom is 0.244 e. The molecular weight excluding hydrogens is 330 g/mol. The number of carbonyl (C=O) groups excluding carboxylic acids is 2. The molecule has 0 saturated carbocycles. The fraction of sp³-hybridized carbons (Fsp3) is 0.353. The topological polar surface area (TPSA) is 75.4 Å². The lowest BCUT2D eigenvalue weighted by atomic mass is 10.2. The first-order chi connectivity index (χ1) is 11.4. The highest BCUT2D eigenvalue weighted by atomic mass is 35.5. The molecule has 1 heterocycles. The maximum absolute atomic E-state index is 12.3. The quantitative estimate of drug-likeness (QED) is 0.869. The summed E-state index contributed by atoms with van der Waals surface area (Å²) in [6.07, 6.45) is 0.106. The molecule has 0 bridgehead atoms. The number of nitrogens with one attached hydrogen (secondary N) is 1. The van der Waals surface area contributed by atoms with Gasteiger partial charge in [-0.2, -0.15) is 0 Å². The number of halogens is 1. The summed E-state index contributed by atoms with van der Waals surface area (Å²) in [7, 11) is 0. The van der Waals surface area contributed by atoms with Crippen LogP contribution >= 0.6 is 11.6 Å². The zero-order valence-corrected chi connectivity index (χ0v) is 14.7. The highest BCUT2D eigenvalue weighted by molar-refractivity contribution is 6.31. The number of carbonyl (C=O) groups is 2. The van der Waals surface area contributed by atoms with Crippen LogP contribution in [0.1, 0.15) is 23.9 Å². The van der Waals surface area contributed by atoms with Crippen LogP contribution in [0.4, 0.5) is 5.69 Å². The molecule has 2 rings (SSSR count). The van der Waals surface area contributed by atoms with Crippen molar-refractivity contribution < 1.29 is 14.1 Å². The van der Waals surface area contributed by atoms with Crippen LogP contribution in [0.2, 0.25) is 5.02 Å². The fourth-order valence-corrected chi connectivity index (χ4v) is 2.41. The monoisotopic (exact) mass is 349 g/mol. The summed E-state index contributed by atoms with van der Waals surface area (Å²) in [5.74, 6) is 0.200. The highest BCUT2D eigenvalue weighted by Gasteiger charge is 2.18. The highest BCUT2D eigenvalue weighted by Crippen LogP contribution is 2.20. The molecule has 0 aliphatic heterocycles. The Morgan fingerprint density at radius 1 is 1.29 bits per heavy atom. The molecule has 128 valence electrons. The zero-order valence-electron chi connectivity index (χ0n) is 13.9. The van der Waals surface area contributed by atoms with Crippen LogP contribution in [0.3, 0.4) is 0 Å². The molecule has 0 aliphatic rings. The van der Waals surface area contributed by atoms with Gasteiger partial charge < -0.3 is 14.7 Å². The molecule has 2 amide bonds. The number of likely N-dealkylation sites (N-methyl/N-ethyl adjacent to an activating group) is 1. The van der Waals surface area contributed by atoms with E-state index in [1.807, 2.05) is 19.9 Å². The molecule has 0 unspecified atom stereocenters. The minimum atomic E-state index is -0.271. The van der Waals surface area contributed by atoms with E-state index in [0.717, 1.165) is 5.56 Å². The van der Waals surface area contributed by atoms with E-state index in [1.165, 1.54) is 4.90 Å². The average Bonchev–Trinajstić information content (AvgIpc) is 2.93. The van der Waals surface area contributed by atoms with E-state index >= 15 is 0 Å². The van der Waals surface area contributed by atoms with Crippen LogP contribution in [-0.2, 0) is 16.0 Å². The molecule has 2 aromatic rings. The molecular formula is C17H20ClN3O3. The van der Waals surface area contributed by atoms with E-state index in [-0.39, 0.29) is 24.8 Å². The Morgan fingerprint density at radius 2 is 2.04 bits per heavy atom. The first-order valence-corrected chi connectivity index (χ1v) is 8.02. The number of aryl methyl sites for hydroxylation is 2. The van der Waals surface area contributed by atoms with Crippen molar-refractivity contribution >= 4 is 29.1 Å². The van der Waals surface area contributed by atoms with Gasteiger partial charge in [0.15, 0.2) is 0 Å². The molecule has 1 aromatic heterocycles. The molecule has 7 heteroatoms.